The van der Waals surface area contributed by atoms with E-state index in [1.165, 1.54) is 113 Å². The highest BCUT2D eigenvalue weighted by Gasteiger charge is 2.36. The fourth-order valence-electron chi connectivity index (χ4n) is 8.98. The van der Waals surface area contributed by atoms with Gasteiger partial charge in [0.15, 0.2) is 0 Å². The highest BCUT2D eigenvalue weighted by atomic mass is 14.4. The first-order valence-electron chi connectivity index (χ1n) is 23.1. The molecule has 0 radical (unpaired) electrons. The molecular weight excluding hydrogens is 757 g/mol. The monoisotopic (exact) mass is 825 g/mol. The van der Waals surface area contributed by atoms with Crippen molar-refractivity contribution in [1.29, 1.82) is 0 Å². The van der Waals surface area contributed by atoms with Gasteiger partial charge in [-0.15, -0.1) is 0 Å². The molecule has 1 unspecified atom stereocenters. The minimum absolute atomic E-state index is 0.0888. The molecule has 0 aromatic heterocycles. The molecule has 0 heteroatoms. The Hall–Kier alpha value is -6.24. The van der Waals surface area contributed by atoms with Crippen molar-refractivity contribution in [3.05, 3.63) is 243 Å². The Morgan fingerprint density at radius 2 is 1.05 bits per heavy atom. The minimum Gasteiger partial charge on any atom is -0.0836 e. The number of fused-ring (bicyclic) bond motifs is 6. The summed E-state index contributed by atoms with van der Waals surface area (Å²) in [5, 5.41) is 2.77. The maximum absolute atomic E-state index is 2.40. The summed E-state index contributed by atoms with van der Waals surface area (Å²) in [6, 6.07) is 61.2. The third-order valence-corrected chi connectivity index (χ3v) is 12.7. The molecule has 10 rings (SSSR count). The summed E-state index contributed by atoms with van der Waals surface area (Å²) in [5.74, 6) is 0.407. The molecule has 2 aliphatic carbocycles. The van der Waals surface area contributed by atoms with Gasteiger partial charge in [-0.05, 0) is 137 Å². The van der Waals surface area contributed by atoms with Gasteiger partial charge in [0.05, 0.1) is 0 Å². The van der Waals surface area contributed by atoms with Crippen LogP contribution in [0.4, 0.5) is 0 Å². The first-order chi connectivity index (χ1) is 30.4. The Bertz CT molecular complexity index is 2780. The molecule has 0 N–H and O–H groups in total. The quantitative estimate of drug-likeness (QED) is 0.166. The second-order valence-electron chi connectivity index (χ2n) is 17.7. The molecular formula is C63H68. The zero-order valence-electron chi connectivity index (χ0n) is 39.8. The molecule has 0 bridgehead atoms. The smallest absolute Gasteiger partial charge is 0.0159 e. The molecule has 0 saturated heterocycles. The first kappa shape index (κ1) is 46.3. The summed E-state index contributed by atoms with van der Waals surface area (Å²) in [4.78, 5) is 0. The van der Waals surface area contributed by atoms with Gasteiger partial charge < -0.3 is 0 Å². The van der Waals surface area contributed by atoms with E-state index in [0.717, 1.165) is 0 Å². The van der Waals surface area contributed by atoms with Crippen LogP contribution >= 0.6 is 0 Å². The highest BCUT2D eigenvalue weighted by Crippen LogP contribution is 2.52. The van der Waals surface area contributed by atoms with Crippen LogP contribution < -0.4 is 0 Å². The first-order valence-corrected chi connectivity index (χ1v) is 23.1. The molecule has 0 amide bonds. The molecule has 0 saturated carbocycles. The summed E-state index contributed by atoms with van der Waals surface area (Å²) in [5.41, 5.74) is 22.3. The summed E-state index contributed by atoms with van der Waals surface area (Å²) in [6.07, 6.45) is 6.89. The maximum atomic E-state index is 2.40. The predicted molar refractivity (Wildman–Crippen MR) is 277 cm³/mol. The Morgan fingerprint density at radius 3 is 1.73 bits per heavy atom. The molecule has 0 nitrogen and oxygen atoms in total. The van der Waals surface area contributed by atoms with Gasteiger partial charge in [-0.3, -0.25) is 0 Å². The van der Waals surface area contributed by atoms with Crippen LogP contribution in [-0.2, 0) is 11.8 Å². The van der Waals surface area contributed by atoms with Crippen molar-refractivity contribution in [2.45, 2.75) is 100 Å². The molecule has 1 atom stereocenters. The summed E-state index contributed by atoms with van der Waals surface area (Å²) >= 11 is 0. The van der Waals surface area contributed by atoms with E-state index >= 15 is 0 Å². The van der Waals surface area contributed by atoms with Gasteiger partial charge in [0.25, 0.3) is 0 Å². The van der Waals surface area contributed by atoms with Gasteiger partial charge in [0, 0.05) is 11.3 Å². The summed E-state index contributed by atoms with van der Waals surface area (Å²) < 4.78 is 0. The van der Waals surface area contributed by atoms with Crippen molar-refractivity contribution in [3.8, 4) is 22.3 Å². The van der Waals surface area contributed by atoms with Gasteiger partial charge >= 0.3 is 0 Å². The number of benzene rings is 8. The van der Waals surface area contributed by atoms with Crippen LogP contribution in [-0.4, -0.2) is 0 Å². The molecule has 2 aliphatic rings. The standard InChI is InChI=1S/C22H22.C21H20.C11H12.C7H8.C2H6/c1-16-9-7-8-12-21(16)22-15-20(14-13-17(22)2)18(3)19-10-5-4-6-11-19;1-13-9-10-17-18(11-13)21(3,4)19-12-14(2)15-7-5-6-8-16(15)20(17)19;1-9-6-7-10-4-2-3-5-11(10)8-9;1-7-5-3-2-4-6-7;1-2/h4-15,18H,1-3H3;5-12H,1-4H3;2,4,6-8H,3,5H2,1H3;2-6H,1H3;1-2H3. The van der Waals surface area contributed by atoms with Crippen LogP contribution in [0.1, 0.15) is 114 Å². The SMILES string of the molecule is CC.Cc1ccc2c(c1)C(C)(C)c1cc(C)c3ccccc3c1-2.Cc1ccc2c(c1)CCC=C2.Cc1ccccc1.Cc1ccccc1-c1cc(C(C)c2ccccc2)ccc1C. The lowest BCUT2D eigenvalue weighted by Crippen LogP contribution is -2.15. The van der Waals surface area contributed by atoms with Crippen molar-refractivity contribution < 1.29 is 0 Å². The van der Waals surface area contributed by atoms with Crippen LogP contribution in [0, 0.1) is 41.5 Å². The Labute approximate surface area is 380 Å². The molecule has 0 spiro atoms. The molecule has 320 valence electrons. The molecule has 8 aromatic carbocycles. The molecule has 8 aromatic rings. The zero-order chi connectivity index (χ0) is 45.1. The highest BCUT2D eigenvalue weighted by molar-refractivity contribution is 6.03. The van der Waals surface area contributed by atoms with E-state index in [1.807, 2.05) is 32.0 Å². The van der Waals surface area contributed by atoms with Crippen LogP contribution in [0.25, 0.3) is 39.1 Å². The van der Waals surface area contributed by atoms with Gasteiger partial charge in [-0.2, -0.15) is 0 Å². The third kappa shape index (κ3) is 10.9. The van der Waals surface area contributed by atoms with Crippen molar-refractivity contribution in [2.75, 3.05) is 0 Å². The number of allylic oxidation sites excluding steroid dienone is 1. The van der Waals surface area contributed by atoms with E-state index in [1.54, 1.807) is 0 Å². The number of rotatable bonds is 3. The fraction of sp³-hybridized carbons (Fsp3) is 0.238. The van der Waals surface area contributed by atoms with Crippen LogP contribution in [0.15, 0.2) is 176 Å². The van der Waals surface area contributed by atoms with Crippen molar-refractivity contribution in [2.24, 2.45) is 0 Å². The number of aryl methyl sites for hydroxylation is 7. The van der Waals surface area contributed by atoms with E-state index in [-0.39, 0.29) is 5.41 Å². The average molecular weight is 825 g/mol. The van der Waals surface area contributed by atoms with E-state index in [2.05, 4.69) is 226 Å². The maximum Gasteiger partial charge on any atom is 0.0159 e. The van der Waals surface area contributed by atoms with Crippen molar-refractivity contribution in [3.63, 3.8) is 0 Å². The van der Waals surface area contributed by atoms with Crippen molar-refractivity contribution >= 4 is 16.8 Å². The summed E-state index contributed by atoms with van der Waals surface area (Å²) in [6.45, 7) is 24.0. The topological polar surface area (TPSA) is 0 Å². The van der Waals surface area contributed by atoms with Gasteiger partial charge in [-0.25, -0.2) is 0 Å². The normalized spacial score (nSPS) is 12.9. The van der Waals surface area contributed by atoms with Crippen molar-refractivity contribution in [1.82, 2.24) is 0 Å². The van der Waals surface area contributed by atoms with Crippen LogP contribution in [0.2, 0.25) is 0 Å². The van der Waals surface area contributed by atoms with Crippen LogP contribution in [0.5, 0.6) is 0 Å². The lowest BCUT2D eigenvalue weighted by atomic mass is 9.81. The number of hydrogen-bond donors (Lipinski definition) is 0. The van der Waals surface area contributed by atoms with Gasteiger partial charge in [0.1, 0.15) is 0 Å². The molecule has 0 heterocycles. The van der Waals surface area contributed by atoms with E-state index < -0.39 is 0 Å². The van der Waals surface area contributed by atoms with E-state index in [4.69, 9.17) is 0 Å². The Balaban J connectivity index is 0.000000149. The van der Waals surface area contributed by atoms with Crippen LogP contribution in [0.3, 0.4) is 0 Å². The Morgan fingerprint density at radius 1 is 0.444 bits per heavy atom. The fourth-order valence-corrected chi connectivity index (χ4v) is 8.98. The summed E-state index contributed by atoms with van der Waals surface area (Å²) in [7, 11) is 0. The molecule has 0 aliphatic heterocycles. The lowest BCUT2D eigenvalue weighted by molar-refractivity contribution is 0.659. The zero-order valence-corrected chi connectivity index (χ0v) is 39.8. The van der Waals surface area contributed by atoms with Gasteiger partial charge in [-0.1, -0.05) is 233 Å². The van der Waals surface area contributed by atoms with E-state index in [9.17, 15) is 0 Å². The predicted octanol–water partition coefficient (Wildman–Crippen LogP) is 17.9. The molecule has 0 fully saturated rings. The van der Waals surface area contributed by atoms with Gasteiger partial charge in [0.2, 0.25) is 0 Å². The Kier molecular flexibility index (Phi) is 15.6. The van der Waals surface area contributed by atoms with E-state index in [0.29, 0.717) is 5.92 Å². The molecule has 63 heavy (non-hydrogen) atoms. The second kappa shape index (κ2) is 21.2. The average Bonchev–Trinajstić information content (AvgIpc) is 3.53. The minimum atomic E-state index is 0.0888. The third-order valence-electron chi connectivity index (χ3n) is 12.7. The largest absolute Gasteiger partial charge is 0.0836 e. The second-order valence-corrected chi connectivity index (χ2v) is 17.7. The number of hydrogen-bond acceptors (Lipinski definition) is 0. The lowest BCUT2D eigenvalue weighted by Gasteiger charge is -2.22.